The SMILES string of the molecule is CN=C(N)/C=C/c1ccc(-c2ccc(O)cc2)c(I)c1. The molecule has 0 amide bonds. The Morgan fingerprint density at radius 3 is 2.50 bits per heavy atom. The summed E-state index contributed by atoms with van der Waals surface area (Å²) < 4.78 is 1.14. The number of nitrogens with two attached hydrogens (primary N) is 1. The molecule has 0 atom stereocenters. The largest absolute Gasteiger partial charge is 0.508 e. The quantitative estimate of drug-likeness (QED) is 0.487. The number of rotatable bonds is 3. The van der Waals surface area contributed by atoms with E-state index in [2.05, 4.69) is 39.7 Å². The molecule has 0 bridgehead atoms. The van der Waals surface area contributed by atoms with Crippen molar-refractivity contribution >= 4 is 34.5 Å². The van der Waals surface area contributed by atoms with Gasteiger partial charge in [-0.1, -0.05) is 30.3 Å². The van der Waals surface area contributed by atoms with Crippen LogP contribution >= 0.6 is 22.6 Å². The molecule has 0 radical (unpaired) electrons. The number of aliphatic imine (C=N–C) groups is 1. The predicted molar refractivity (Wildman–Crippen MR) is 92.8 cm³/mol. The van der Waals surface area contributed by atoms with E-state index in [-0.39, 0.29) is 5.75 Å². The van der Waals surface area contributed by atoms with Crippen molar-refractivity contribution in [1.29, 1.82) is 0 Å². The maximum atomic E-state index is 9.33. The molecule has 0 aliphatic rings. The molecular formula is C16H15IN2O. The number of hydrogen-bond donors (Lipinski definition) is 2. The van der Waals surface area contributed by atoms with Crippen molar-refractivity contribution in [3.8, 4) is 16.9 Å². The summed E-state index contributed by atoms with van der Waals surface area (Å²) in [5, 5.41) is 9.33. The molecule has 4 heteroatoms. The van der Waals surface area contributed by atoms with Crippen molar-refractivity contribution in [2.45, 2.75) is 0 Å². The summed E-state index contributed by atoms with van der Waals surface area (Å²) in [4.78, 5) is 3.88. The standard InChI is InChI=1S/C16H15IN2O/c1-19-16(18)9-3-11-2-8-14(15(17)10-11)12-4-6-13(20)7-5-12/h2-10,20H,1H3,(H2,18,19)/b9-3+. The second-order valence-corrected chi connectivity index (χ2v) is 5.43. The Kier molecular flexibility index (Phi) is 4.79. The minimum atomic E-state index is 0.276. The van der Waals surface area contributed by atoms with Crippen molar-refractivity contribution in [1.82, 2.24) is 0 Å². The van der Waals surface area contributed by atoms with Crippen molar-refractivity contribution in [3.63, 3.8) is 0 Å². The third-order valence-electron chi connectivity index (χ3n) is 2.88. The van der Waals surface area contributed by atoms with Crippen LogP contribution in [0.15, 0.2) is 53.5 Å². The Bertz CT molecular complexity index is 661. The van der Waals surface area contributed by atoms with Crippen LogP contribution in [-0.2, 0) is 0 Å². The van der Waals surface area contributed by atoms with Crippen molar-refractivity contribution < 1.29 is 5.11 Å². The molecule has 0 fully saturated rings. The maximum Gasteiger partial charge on any atom is 0.117 e. The van der Waals surface area contributed by atoms with E-state index in [0.29, 0.717) is 5.84 Å². The average Bonchev–Trinajstić information content (AvgIpc) is 2.46. The fourth-order valence-corrected chi connectivity index (χ4v) is 2.62. The molecule has 20 heavy (non-hydrogen) atoms. The minimum Gasteiger partial charge on any atom is -0.508 e. The fourth-order valence-electron chi connectivity index (χ4n) is 1.77. The van der Waals surface area contributed by atoms with Crippen LogP contribution in [0.3, 0.4) is 0 Å². The van der Waals surface area contributed by atoms with Crippen LogP contribution < -0.4 is 5.73 Å². The number of benzene rings is 2. The van der Waals surface area contributed by atoms with Crippen LogP contribution in [0.5, 0.6) is 5.75 Å². The summed E-state index contributed by atoms with van der Waals surface area (Å²) in [6.45, 7) is 0. The molecule has 0 aliphatic heterocycles. The van der Waals surface area contributed by atoms with Gasteiger partial charge in [0.05, 0.1) is 0 Å². The lowest BCUT2D eigenvalue weighted by molar-refractivity contribution is 0.475. The monoisotopic (exact) mass is 378 g/mol. The van der Waals surface area contributed by atoms with E-state index < -0.39 is 0 Å². The van der Waals surface area contributed by atoms with Gasteiger partial charge in [0.15, 0.2) is 0 Å². The molecule has 0 saturated heterocycles. The summed E-state index contributed by atoms with van der Waals surface area (Å²) in [5.41, 5.74) is 8.92. The Hall–Kier alpha value is -1.82. The molecule has 0 unspecified atom stereocenters. The Balaban J connectivity index is 2.30. The first-order valence-electron chi connectivity index (χ1n) is 6.09. The van der Waals surface area contributed by atoms with Crippen molar-refractivity contribution in [2.24, 2.45) is 10.7 Å². The zero-order valence-corrected chi connectivity index (χ0v) is 13.2. The Morgan fingerprint density at radius 1 is 1.20 bits per heavy atom. The number of halogens is 1. The van der Waals surface area contributed by atoms with Gasteiger partial charge in [0.25, 0.3) is 0 Å². The maximum absolute atomic E-state index is 9.33. The van der Waals surface area contributed by atoms with Gasteiger partial charge < -0.3 is 10.8 Å². The Labute approximate surface area is 132 Å². The van der Waals surface area contributed by atoms with E-state index in [0.717, 1.165) is 20.3 Å². The van der Waals surface area contributed by atoms with Gasteiger partial charge in [-0.15, -0.1) is 0 Å². The molecule has 0 spiro atoms. The highest BCUT2D eigenvalue weighted by Crippen LogP contribution is 2.27. The lowest BCUT2D eigenvalue weighted by Crippen LogP contribution is -2.06. The van der Waals surface area contributed by atoms with E-state index in [9.17, 15) is 5.11 Å². The highest BCUT2D eigenvalue weighted by Gasteiger charge is 2.03. The van der Waals surface area contributed by atoms with Crippen LogP contribution in [0.25, 0.3) is 17.2 Å². The summed E-state index contributed by atoms with van der Waals surface area (Å²) in [6, 6.07) is 13.4. The molecule has 102 valence electrons. The van der Waals surface area contributed by atoms with E-state index in [4.69, 9.17) is 5.73 Å². The predicted octanol–water partition coefficient (Wildman–Crippen LogP) is 3.66. The third kappa shape index (κ3) is 3.60. The van der Waals surface area contributed by atoms with Crippen molar-refractivity contribution in [2.75, 3.05) is 7.05 Å². The zero-order valence-electron chi connectivity index (χ0n) is 11.0. The Morgan fingerprint density at radius 2 is 1.90 bits per heavy atom. The minimum absolute atomic E-state index is 0.276. The van der Waals surface area contributed by atoms with Crippen LogP contribution in [-0.4, -0.2) is 18.0 Å². The zero-order chi connectivity index (χ0) is 14.5. The van der Waals surface area contributed by atoms with Gasteiger partial charge in [-0.25, -0.2) is 0 Å². The smallest absolute Gasteiger partial charge is 0.117 e. The van der Waals surface area contributed by atoms with Gasteiger partial charge in [0.2, 0.25) is 0 Å². The molecule has 2 aromatic carbocycles. The molecule has 3 N–H and O–H groups in total. The van der Waals surface area contributed by atoms with Gasteiger partial charge >= 0.3 is 0 Å². The number of aromatic hydroxyl groups is 1. The molecule has 2 rings (SSSR count). The third-order valence-corrected chi connectivity index (χ3v) is 3.77. The lowest BCUT2D eigenvalue weighted by atomic mass is 10.0. The summed E-state index contributed by atoms with van der Waals surface area (Å²) in [6.07, 6.45) is 3.72. The number of amidine groups is 1. The van der Waals surface area contributed by atoms with Crippen LogP contribution in [0.1, 0.15) is 5.56 Å². The second-order valence-electron chi connectivity index (χ2n) is 4.27. The fraction of sp³-hybridized carbons (Fsp3) is 0.0625. The van der Waals surface area contributed by atoms with Gasteiger partial charge in [0.1, 0.15) is 11.6 Å². The van der Waals surface area contributed by atoms with Crippen LogP contribution in [0.4, 0.5) is 0 Å². The van der Waals surface area contributed by atoms with E-state index >= 15 is 0 Å². The summed E-state index contributed by atoms with van der Waals surface area (Å²) >= 11 is 2.31. The molecule has 0 aliphatic carbocycles. The van der Waals surface area contributed by atoms with Crippen LogP contribution in [0.2, 0.25) is 0 Å². The second kappa shape index (κ2) is 6.56. The normalized spacial score (nSPS) is 12.0. The average molecular weight is 378 g/mol. The number of phenolic OH excluding ortho intramolecular Hbond substituents is 1. The topological polar surface area (TPSA) is 58.6 Å². The summed E-state index contributed by atoms with van der Waals surface area (Å²) in [7, 11) is 1.66. The van der Waals surface area contributed by atoms with Crippen LogP contribution in [0, 0.1) is 3.57 Å². The number of nitrogens with zero attached hydrogens (tertiary/aromatic N) is 1. The molecule has 2 aromatic rings. The molecule has 0 saturated carbocycles. The first-order valence-corrected chi connectivity index (χ1v) is 7.17. The number of phenols is 1. The van der Waals surface area contributed by atoms with Gasteiger partial charge in [-0.3, -0.25) is 4.99 Å². The first kappa shape index (κ1) is 14.6. The summed E-state index contributed by atoms with van der Waals surface area (Å²) in [5.74, 6) is 0.778. The van der Waals surface area contributed by atoms with E-state index in [1.165, 1.54) is 0 Å². The van der Waals surface area contributed by atoms with Gasteiger partial charge in [-0.2, -0.15) is 0 Å². The van der Waals surface area contributed by atoms with Crippen molar-refractivity contribution in [3.05, 3.63) is 57.7 Å². The highest BCUT2D eigenvalue weighted by atomic mass is 127. The molecular weight excluding hydrogens is 363 g/mol. The van der Waals surface area contributed by atoms with Gasteiger partial charge in [0, 0.05) is 10.6 Å². The molecule has 0 aromatic heterocycles. The van der Waals surface area contributed by atoms with E-state index in [1.807, 2.05) is 24.3 Å². The number of hydrogen-bond acceptors (Lipinski definition) is 2. The van der Waals surface area contributed by atoms with E-state index in [1.54, 1.807) is 25.3 Å². The molecule has 3 nitrogen and oxygen atoms in total. The van der Waals surface area contributed by atoms with Gasteiger partial charge in [-0.05, 0) is 63.6 Å². The highest BCUT2D eigenvalue weighted by molar-refractivity contribution is 14.1. The molecule has 0 heterocycles. The first-order chi connectivity index (χ1) is 9.60. The lowest BCUT2D eigenvalue weighted by Gasteiger charge is -2.06.